The summed E-state index contributed by atoms with van der Waals surface area (Å²) < 4.78 is 30.3. The maximum Gasteiger partial charge on any atom is 0.159 e. The molecule has 1 N–H and O–H groups in total. The van der Waals surface area contributed by atoms with Crippen LogP contribution < -0.4 is 4.90 Å². The zero-order chi connectivity index (χ0) is 21.5. The second-order valence-corrected chi connectivity index (χ2v) is 8.06. The molecular formula is C21H24F2N8. The molecule has 0 aliphatic carbocycles. The van der Waals surface area contributed by atoms with Crippen molar-refractivity contribution in [1.29, 1.82) is 0 Å². The van der Waals surface area contributed by atoms with E-state index in [1.165, 1.54) is 35.1 Å². The van der Waals surface area contributed by atoms with Gasteiger partial charge in [-0.1, -0.05) is 0 Å². The van der Waals surface area contributed by atoms with Crippen molar-refractivity contribution in [2.24, 2.45) is 0 Å². The number of aromatic amines is 1. The molecule has 0 bridgehead atoms. The summed E-state index contributed by atoms with van der Waals surface area (Å²) in [6, 6.07) is 4.06. The van der Waals surface area contributed by atoms with E-state index >= 15 is 4.39 Å². The number of aromatic nitrogens is 5. The number of nitrogens with zero attached hydrogens (tertiary/aromatic N) is 7. The molecule has 5 rings (SSSR count). The van der Waals surface area contributed by atoms with Crippen LogP contribution in [0.2, 0.25) is 0 Å². The fourth-order valence-corrected chi connectivity index (χ4v) is 4.00. The van der Waals surface area contributed by atoms with E-state index in [0.29, 0.717) is 27.9 Å². The van der Waals surface area contributed by atoms with Crippen molar-refractivity contribution in [3.8, 4) is 11.3 Å². The number of pyridine rings is 2. The monoisotopic (exact) mass is 426 g/mol. The Hall–Kier alpha value is -3.11. The van der Waals surface area contributed by atoms with Crippen LogP contribution in [0.3, 0.4) is 0 Å². The minimum atomic E-state index is -0.498. The number of hydrogen-bond donors (Lipinski definition) is 1. The van der Waals surface area contributed by atoms with Gasteiger partial charge in [0.05, 0.1) is 17.1 Å². The number of nitrogens with one attached hydrogen (secondary N) is 1. The first-order valence-electron chi connectivity index (χ1n) is 10.3. The van der Waals surface area contributed by atoms with Gasteiger partial charge >= 0.3 is 0 Å². The SMILES string of the molecule is CN1CCN(CCN(C)c2n[nH]c3nc(-c4cnn5ccc(F)cc45)c(F)cc23)CC1. The minimum Gasteiger partial charge on any atom is -0.356 e. The Labute approximate surface area is 178 Å². The Morgan fingerprint density at radius 1 is 1.16 bits per heavy atom. The zero-order valence-electron chi connectivity index (χ0n) is 17.5. The predicted molar refractivity (Wildman–Crippen MR) is 115 cm³/mol. The Bertz CT molecular complexity index is 1230. The second-order valence-electron chi connectivity index (χ2n) is 8.06. The molecule has 0 radical (unpaired) electrons. The Balaban J connectivity index is 1.41. The predicted octanol–water partition coefficient (Wildman–Crippen LogP) is 2.23. The van der Waals surface area contributed by atoms with E-state index in [9.17, 15) is 4.39 Å². The van der Waals surface area contributed by atoms with Crippen LogP contribution in [0, 0.1) is 11.6 Å². The van der Waals surface area contributed by atoms with Gasteiger partial charge in [-0.05, 0) is 19.2 Å². The van der Waals surface area contributed by atoms with E-state index in [4.69, 9.17) is 0 Å². The van der Waals surface area contributed by atoms with E-state index in [-0.39, 0.29) is 5.69 Å². The lowest BCUT2D eigenvalue weighted by Gasteiger charge is -2.33. The van der Waals surface area contributed by atoms with Crippen LogP contribution in [0.15, 0.2) is 30.6 Å². The summed E-state index contributed by atoms with van der Waals surface area (Å²) in [4.78, 5) is 11.2. The van der Waals surface area contributed by atoms with Crippen LogP contribution in [0.5, 0.6) is 0 Å². The first-order chi connectivity index (χ1) is 15.0. The van der Waals surface area contributed by atoms with Gasteiger partial charge in [-0.15, -0.1) is 0 Å². The van der Waals surface area contributed by atoms with Crippen LogP contribution >= 0.6 is 0 Å². The van der Waals surface area contributed by atoms with Gasteiger partial charge in [0.2, 0.25) is 0 Å². The van der Waals surface area contributed by atoms with Gasteiger partial charge in [0, 0.05) is 64.1 Å². The number of halogens is 2. The van der Waals surface area contributed by atoms with Crippen molar-refractivity contribution >= 4 is 22.4 Å². The van der Waals surface area contributed by atoms with Gasteiger partial charge in [0.25, 0.3) is 0 Å². The van der Waals surface area contributed by atoms with Crippen molar-refractivity contribution < 1.29 is 8.78 Å². The summed E-state index contributed by atoms with van der Waals surface area (Å²) >= 11 is 0. The van der Waals surface area contributed by atoms with Gasteiger partial charge in [-0.3, -0.25) is 10.00 Å². The van der Waals surface area contributed by atoms with Crippen molar-refractivity contribution in [2.75, 3.05) is 58.3 Å². The lowest BCUT2D eigenvalue weighted by molar-refractivity contribution is 0.157. The van der Waals surface area contributed by atoms with E-state index in [1.807, 2.05) is 11.9 Å². The highest BCUT2D eigenvalue weighted by molar-refractivity contribution is 5.90. The molecule has 1 aliphatic heterocycles. The first kappa shape index (κ1) is 19.8. The van der Waals surface area contributed by atoms with E-state index in [2.05, 4.69) is 37.1 Å². The maximum atomic E-state index is 15.1. The smallest absolute Gasteiger partial charge is 0.159 e. The first-order valence-corrected chi connectivity index (χ1v) is 10.3. The molecule has 8 nitrogen and oxygen atoms in total. The number of rotatable bonds is 5. The number of likely N-dealkylation sites (N-methyl/N-ethyl adjacent to an activating group) is 2. The highest BCUT2D eigenvalue weighted by Crippen LogP contribution is 2.30. The Morgan fingerprint density at radius 3 is 2.77 bits per heavy atom. The molecular weight excluding hydrogens is 402 g/mol. The third kappa shape index (κ3) is 3.72. The van der Waals surface area contributed by atoms with Gasteiger partial charge in [-0.2, -0.15) is 10.2 Å². The molecule has 4 aromatic heterocycles. The van der Waals surface area contributed by atoms with Crippen LogP contribution in [-0.2, 0) is 0 Å². The maximum absolute atomic E-state index is 15.1. The fourth-order valence-electron chi connectivity index (χ4n) is 4.00. The molecule has 162 valence electrons. The molecule has 1 fully saturated rings. The lowest BCUT2D eigenvalue weighted by atomic mass is 10.1. The summed E-state index contributed by atoms with van der Waals surface area (Å²) in [6.45, 7) is 5.93. The molecule has 1 saturated heterocycles. The van der Waals surface area contributed by atoms with Crippen molar-refractivity contribution in [2.45, 2.75) is 0 Å². The van der Waals surface area contributed by atoms with Gasteiger partial charge in [0.15, 0.2) is 17.3 Å². The Kier molecular flexibility index (Phi) is 5.03. The van der Waals surface area contributed by atoms with Crippen molar-refractivity contribution in [3.05, 3.63) is 42.2 Å². The molecule has 0 atom stereocenters. The second kappa shape index (κ2) is 7.86. The topological polar surface area (TPSA) is 68.6 Å². The molecule has 0 saturated carbocycles. The largest absolute Gasteiger partial charge is 0.356 e. The van der Waals surface area contributed by atoms with Gasteiger partial charge in [-0.25, -0.2) is 18.3 Å². The molecule has 4 aromatic rings. The summed E-state index contributed by atoms with van der Waals surface area (Å²) in [5, 5.41) is 12.1. The van der Waals surface area contributed by atoms with E-state index in [0.717, 1.165) is 39.3 Å². The molecule has 5 heterocycles. The molecule has 0 amide bonds. The number of H-pyrrole nitrogens is 1. The molecule has 31 heavy (non-hydrogen) atoms. The molecule has 1 aliphatic rings. The van der Waals surface area contributed by atoms with Gasteiger partial charge in [0.1, 0.15) is 11.5 Å². The number of piperazine rings is 1. The third-order valence-corrected chi connectivity index (χ3v) is 5.93. The molecule has 0 aromatic carbocycles. The molecule has 0 unspecified atom stereocenters. The summed E-state index contributed by atoms with van der Waals surface area (Å²) in [7, 11) is 4.09. The van der Waals surface area contributed by atoms with Crippen LogP contribution in [0.1, 0.15) is 0 Å². The average Bonchev–Trinajstić information content (AvgIpc) is 3.36. The van der Waals surface area contributed by atoms with E-state index in [1.54, 1.807) is 0 Å². The zero-order valence-corrected chi connectivity index (χ0v) is 17.5. The van der Waals surface area contributed by atoms with E-state index < -0.39 is 11.6 Å². The highest BCUT2D eigenvalue weighted by atomic mass is 19.1. The van der Waals surface area contributed by atoms with Gasteiger partial charge < -0.3 is 9.80 Å². The average molecular weight is 426 g/mol. The third-order valence-electron chi connectivity index (χ3n) is 5.93. The quantitative estimate of drug-likeness (QED) is 0.528. The minimum absolute atomic E-state index is 0.114. The Morgan fingerprint density at radius 2 is 1.97 bits per heavy atom. The van der Waals surface area contributed by atoms with Crippen molar-refractivity contribution in [3.63, 3.8) is 0 Å². The number of anilines is 1. The molecule has 10 heteroatoms. The summed E-state index contributed by atoms with van der Waals surface area (Å²) in [5.41, 5.74) is 1.48. The lowest BCUT2D eigenvalue weighted by Crippen LogP contribution is -2.46. The number of fused-ring (bicyclic) bond motifs is 2. The van der Waals surface area contributed by atoms with Crippen LogP contribution in [0.4, 0.5) is 14.6 Å². The molecule has 0 spiro atoms. The summed E-state index contributed by atoms with van der Waals surface area (Å²) in [5.74, 6) is -0.253. The van der Waals surface area contributed by atoms with Crippen LogP contribution in [0.25, 0.3) is 27.8 Å². The highest BCUT2D eigenvalue weighted by Gasteiger charge is 2.20. The van der Waals surface area contributed by atoms with Crippen molar-refractivity contribution in [1.82, 2.24) is 34.6 Å². The fraction of sp³-hybridized carbons (Fsp3) is 0.381. The van der Waals surface area contributed by atoms with Crippen LogP contribution in [-0.4, -0.2) is 88.0 Å². The summed E-state index contributed by atoms with van der Waals surface area (Å²) in [6.07, 6.45) is 2.99. The normalized spacial score (nSPS) is 15.9. The standard InChI is InChI=1S/C21H24F2N8/c1-28-5-8-30(9-6-28)10-7-29(2)21-15-12-17(23)19(25-20(15)26-27-21)16-13-24-31-4-3-14(22)11-18(16)31/h3-4,11-13H,5-10H2,1-2H3,(H,25,26,27). The number of hydrogen-bond acceptors (Lipinski definition) is 6.